The molecule has 0 saturated heterocycles. The highest BCUT2D eigenvalue weighted by Crippen LogP contribution is 2.33. The van der Waals surface area contributed by atoms with E-state index in [1.165, 1.54) is 5.01 Å². The van der Waals surface area contributed by atoms with Gasteiger partial charge in [0.15, 0.2) is 16.6 Å². The maximum atomic E-state index is 13.8. The van der Waals surface area contributed by atoms with Gasteiger partial charge in [-0.3, -0.25) is 15.6 Å². The van der Waals surface area contributed by atoms with Crippen molar-refractivity contribution in [2.45, 2.75) is 32.9 Å². The van der Waals surface area contributed by atoms with Gasteiger partial charge in [-0.15, -0.1) is 0 Å². The fraction of sp³-hybridized carbons (Fsp3) is 0.250. The summed E-state index contributed by atoms with van der Waals surface area (Å²) in [5.41, 5.74) is 16.7. The van der Waals surface area contributed by atoms with Gasteiger partial charge in [0.1, 0.15) is 17.6 Å². The molecule has 0 bridgehead atoms. The second-order valence-electron chi connectivity index (χ2n) is 8.72. The highest BCUT2D eigenvalue weighted by Gasteiger charge is 2.26. The van der Waals surface area contributed by atoms with E-state index in [4.69, 9.17) is 43.3 Å². The number of hydrogen-bond acceptors (Lipinski definition) is 7. The number of benzene rings is 3. The Balaban J connectivity index is 1.99. The number of nitrogens with zero attached hydrogens (tertiary/aromatic N) is 1. The van der Waals surface area contributed by atoms with Crippen LogP contribution in [0.25, 0.3) is 0 Å². The number of carbonyl (C=O) groups is 1. The number of nitrogen functional groups attached to an aromatic ring is 1. The molecule has 0 aliphatic heterocycles. The smallest absolute Gasteiger partial charge is 0.266 e. The zero-order valence-electron chi connectivity index (χ0n) is 22.4. The first-order valence-electron chi connectivity index (χ1n) is 12.3. The highest BCUT2D eigenvalue weighted by molar-refractivity contribution is 7.80. The lowest BCUT2D eigenvalue weighted by atomic mass is 10.0. The molecule has 0 saturated carbocycles. The molecule has 0 fully saturated rings. The minimum atomic E-state index is -0.893. The van der Waals surface area contributed by atoms with Crippen molar-refractivity contribution in [2.75, 3.05) is 24.0 Å². The topological polar surface area (TPSA) is 148 Å². The molecule has 0 heterocycles. The SMILES string of the molecule is CCOc1cc(C(Nc2ccc(C(=N)N)cc2)C(=O)NN(C(N)=S)c2ccc(OC)cc2)ccc1OC(C)C. The maximum Gasteiger partial charge on any atom is 0.266 e. The Labute approximate surface area is 233 Å². The minimum absolute atomic E-state index is 0.0474. The summed E-state index contributed by atoms with van der Waals surface area (Å²) in [7, 11) is 1.56. The first kappa shape index (κ1) is 29.1. The van der Waals surface area contributed by atoms with Crippen LogP contribution in [0.1, 0.15) is 37.9 Å². The van der Waals surface area contributed by atoms with Gasteiger partial charge in [0.2, 0.25) is 0 Å². The molecule has 1 amide bonds. The molecule has 0 spiro atoms. The van der Waals surface area contributed by atoms with E-state index in [1.54, 1.807) is 73.8 Å². The van der Waals surface area contributed by atoms with E-state index in [1.807, 2.05) is 20.8 Å². The predicted molar refractivity (Wildman–Crippen MR) is 158 cm³/mol. The van der Waals surface area contributed by atoms with E-state index in [9.17, 15) is 4.79 Å². The van der Waals surface area contributed by atoms with Crippen LogP contribution in [0.4, 0.5) is 11.4 Å². The molecule has 39 heavy (non-hydrogen) atoms. The van der Waals surface area contributed by atoms with Crippen LogP contribution in [0.15, 0.2) is 66.7 Å². The molecule has 11 heteroatoms. The number of nitrogens with one attached hydrogen (secondary N) is 3. The Bertz CT molecular complexity index is 1300. The fourth-order valence-corrected chi connectivity index (χ4v) is 3.84. The van der Waals surface area contributed by atoms with Crippen molar-refractivity contribution >= 4 is 40.4 Å². The van der Waals surface area contributed by atoms with E-state index < -0.39 is 11.9 Å². The Morgan fingerprint density at radius 3 is 2.23 bits per heavy atom. The number of ether oxygens (including phenoxy) is 3. The van der Waals surface area contributed by atoms with E-state index >= 15 is 0 Å². The number of rotatable bonds is 11. The van der Waals surface area contributed by atoms with E-state index in [-0.39, 0.29) is 17.1 Å². The van der Waals surface area contributed by atoms with Gasteiger partial charge in [0, 0.05) is 11.3 Å². The summed E-state index contributed by atoms with van der Waals surface area (Å²) in [5.74, 6) is 1.24. The molecule has 0 aliphatic rings. The summed E-state index contributed by atoms with van der Waals surface area (Å²) in [6.07, 6.45) is -0.0595. The number of nitrogens with two attached hydrogens (primary N) is 2. The zero-order chi connectivity index (χ0) is 28.5. The lowest BCUT2D eigenvalue weighted by Crippen LogP contribution is -2.51. The average Bonchev–Trinajstić information content (AvgIpc) is 2.91. The second-order valence-corrected chi connectivity index (χ2v) is 9.14. The van der Waals surface area contributed by atoms with Gasteiger partial charge >= 0.3 is 0 Å². The first-order chi connectivity index (χ1) is 18.6. The summed E-state index contributed by atoms with van der Waals surface area (Å²) in [6.45, 7) is 6.15. The van der Waals surface area contributed by atoms with Crippen LogP contribution in [-0.4, -0.2) is 36.7 Å². The number of carbonyl (C=O) groups excluding carboxylic acids is 1. The van der Waals surface area contributed by atoms with Gasteiger partial charge in [0.25, 0.3) is 5.91 Å². The number of thiocarbonyl (C=S) groups is 1. The third-order valence-electron chi connectivity index (χ3n) is 5.51. The van der Waals surface area contributed by atoms with Crippen LogP contribution < -0.4 is 41.4 Å². The molecule has 3 aromatic rings. The summed E-state index contributed by atoms with van der Waals surface area (Å²) in [5, 5.41) is 12.2. The largest absolute Gasteiger partial charge is 0.497 e. The van der Waals surface area contributed by atoms with Gasteiger partial charge in [-0.05, 0) is 99.2 Å². The number of anilines is 2. The normalized spacial score (nSPS) is 11.3. The molecule has 1 atom stereocenters. The van der Waals surface area contributed by atoms with Gasteiger partial charge in [0.05, 0.1) is 25.5 Å². The number of hydrazine groups is 1. The number of amidine groups is 1. The monoisotopic (exact) mass is 550 g/mol. The Kier molecular flexibility index (Phi) is 9.93. The minimum Gasteiger partial charge on any atom is -0.497 e. The van der Waals surface area contributed by atoms with Crippen molar-refractivity contribution in [1.82, 2.24) is 5.43 Å². The lowest BCUT2D eigenvalue weighted by molar-refractivity contribution is -0.121. The van der Waals surface area contributed by atoms with Crippen molar-refractivity contribution in [2.24, 2.45) is 11.5 Å². The molecule has 1 unspecified atom stereocenters. The van der Waals surface area contributed by atoms with Gasteiger partial charge in [-0.1, -0.05) is 6.07 Å². The molecule has 3 aromatic carbocycles. The summed E-state index contributed by atoms with van der Waals surface area (Å²) >= 11 is 5.23. The molecule has 206 valence electrons. The third-order valence-corrected chi connectivity index (χ3v) is 5.69. The predicted octanol–water partition coefficient (Wildman–Crippen LogP) is 4.10. The Morgan fingerprint density at radius 2 is 1.69 bits per heavy atom. The molecular weight excluding hydrogens is 516 g/mol. The molecule has 7 N–H and O–H groups in total. The standard InChI is InChI=1S/C28H34N6O4S/c1-5-37-24-16-19(8-15-23(24)38-17(2)3)25(32-20-9-6-18(7-10-20)26(29)30)27(35)33-34(28(31)39)21-11-13-22(36-4)14-12-21/h6-17,25,32H,5H2,1-4H3,(H3,29,30)(H2,31,39)(H,33,35). The molecule has 10 nitrogen and oxygen atoms in total. The van der Waals surface area contributed by atoms with Crippen LogP contribution >= 0.6 is 12.2 Å². The molecule has 0 aliphatic carbocycles. The first-order valence-corrected chi connectivity index (χ1v) is 12.7. The summed E-state index contributed by atoms with van der Waals surface area (Å²) in [6, 6.07) is 18.2. The van der Waals surface area contributed by atoms with Gasteiger partial charge < -0.3 is 31.0 Å². The molecule has 0 aromatic heterocycles. The van der Waals surface area contributed by atoms with Crippen LogP contribution in [0.3, 0.4) is 0 Å². The Morgan fingerprint density at radius 1 is 1.03 bits per heavy atom. The van der Waals surface area contributed by atoms with Crippen molar-refractivity contribution < 1.29 is 19.0 Å². The van der Waals surface area contributed by atoms with Crippen molar-refractivity contribution in [3.8, 4) is 17.2 Å². The number of amides is 1. The number of hydrogen-bond donors (Lipinski definition) is 5. The van der Waals surface area contributed by atoms with Crippen LogP contribution in [0.5, 0.6) is 17.2 Å². The second kappa shape index (κ2) is 13.3. The lowest BCUT2D eigenvalue weighted by Gasteiger charge is -2.28. The fourth-order valence-electron chi connectivity index (χ4n) is 3.69. The maximum absolute atomic E-state index is 13.8. The van der Waals surface area contributed by atoms with Gasteiger partial charge in [-0.2, -0.15) is 0 Å². The van der Waals surface area contributed by atoms with Crippen LogP contribution in [0.2, 0.25) is 0 Å². The van der Waals surface area contributed by atoms with Gasteiger partial charge in [-0.25, -0.2) is 5.01 Å². The third kappa shape index (κ3) is 7.74. The zero-order valence-corrected chi connectivity index (χ0v) is 23.2. The highest BCUT2D eigenvalue weighted by atomic mass is 32.1. The van der Waals surface area contributed by atoms with Crippen molar-refractivity contribution in [3.05, 3.63) is 77.9 Å². The summed E-state index contributed by atoms with van der Waals surface area (Å²) < 4.78 is 16.9. The van der Waals surface area contributed by atoms with Crippen LogP contribution in [-0.2, 0) is 4.79 Å². The van der Waals surface area contributed by atoms with Crippen molar-refractivity contribution in [1.29, 1.82) is 5.41 Å². The Hall–Kier alpha value is -4.51. The molecular formula is C28H34N6O4S. The number of methoxy groups -OCH3 is 1. The van der Waals surface area contributed by atoms with E-state index in [0.29, 0.717) is 46.4 Å². The summed E-state index contributed by atoms with van der Waals surface area (Å²) in [4.78, 5) is 13.8. The van der Waals surface area contributed by atoms with E-state index in [2.05, 4.69) is 10.7 Å². The van der Waals surface area contributed by atoms with E-state index in [0.717, 1.165) is 0 Å². The van der Waals surface area contributed by atoms with Crippen LogP contribution in [0, 0.1) is 5.41 Å². The molecule has 3 rings (SSSR count). The quantitative estimate of drug-likeness (QED) is 0.103. The average molecular weight is 551 g/mol. The molecule has 0 radical (unpaired) electrons. The van der Waals surface area contributed by atoms with Crippen molar-refractivity contribution in [3.63, 3.8) is 0 Å².